The fraction of sp³-hybridized carbons (Fsp3) is 0.200. The lowest BCUT2D eigenvalue weighted by Crippen LogP contribution is -2.26. The van der Waals surface area contributed by atoms with E-state index in [2.05, 4.69) is 9.72 Å². The van der Waals surface area contributed by atoms with Crippen LogP contribution >= 0.6 is 0 Å². The minimum Gasteiger partial charge on any atom is -0.465 e. The Labute approximate surface area is 129 Å². The molecule has 0 unspecified atom stereocenters. The lowest BCUT2D eigenvalue weighted by Gasteiger charge is -2.17. The number of methoxy groups -OCH3 is 1. The van der Waals surface area contributed by atoms with Crippen LogP contribution in [0.3, 0.4) is 0 Å². The first-order valence-electron chi connectivity index (χ1n) is 6.49. The van der Waals surface area contributed by atoms with Gasteiger partial charge in [-0.05, 0) is 35.9 Å². The second-order valence-electron chi connectivity index (χ2n) is 4.64. The number of rotatable bonds is 5. The number of nitrogens with zero attached hydrogens (tertiary/aromatic N) is 2. The molecule has 0 atom stereocenters. The van der Waals surface area contributed by atoms with Gasteiger partial charge in [0, 0.05) is 26.0 Å². The number of benzene rings is 1. The molecule has 0 amide bonds. The maximum atomic E-state index is 12.6. The largest absolute Gasteiger partial charge is 0.465 e. The Morgan fingerprint density at radius 1 is 1.23 bits per heavy atom. The quantitative estimate of drug-likeness (QED) is 0.784. The smallest absolute Gasteiger partial charge is 0.337 e. The van der Waals surface area contributed by atoms with Crippen molar-refractivity contribution in [3.8, 4) is 0 Å². The van der Waals surface area contributed by atoms with Gasteiger partial charge < -0.3 is 4.74 Å². The second kappa shape index (κ2) is 6.67. The van der Waals surface area contributed by atoms with Crippen LogP contribution in [0.5, 0.6) is 0 Å². The molecule has 0 saturated heterocycles. The highest BCUT2D eigenvalue weighted by atomic mass is 32.2. The number of ether oxygens (including phenoxy) is 1. The summed E-state index contributed by atoms with van der Waals surface area (Å²) < 4.78 is 30.9. The molecule has 1 heterocycles. The second-order valence-corrected chi connectivity index (χ2v) is 6.68. The number of aromatic nitrogens is 1. The molecule has 0 N–H and O–H groups in total. The average Bonchev–Trinajstić information content (AvgIpc) is 2.55. The standard InChI is InChI=1S/C15H16N2O4S/c1-17(11-12-6-8-16-9-7-12)22(19,20)14-5-3-4-13(10-14)15(18)21-2/h3-10H,11H2,1-2H3. The van der Waals surface area contributed by atoms with E-state index in [1.54, 1.807) is 24.5 Å². The Bertz CT molecular complexity index is 760. The lowest BCUT2D eigenvalue weighted by molar-refractivity contribution is 0.0600. The highest BCUT2D eigenvalue weighted by molar-refractivity contribution is 7.89. The zero-order chi connectivity index (χ0) is 16.2. The van der Waals surface area contributed by atoms with Crippen LogP contribution in [0.1, 0.15) is 15.9 Å². The Balaban J connectivity index is 2.28. The Kier molecular flexibility index (Phi) is 4.89. The molecule has 0 saturated carbocycles. The molecule has 0 aliphatic rings. The minimum absolute atomic E-state index is 0.0481. The molecule has 0 bridgehead atoms. The highest BCUT2D eigenvalue weighted by Gasteiger charge is 2.22. The van der Waals surface area contributed by atoms with Crippen LogP contribution in [0.15, 0.2) is 53.7 Å². The molecule has 0 aliphatic heterocycles. The summed E-state index contributed by atoms with van der Waals surface area (Å²) in [7, 11) is -0.961. The number of hydrogen-bond acceptors (Lipinski definition) is 5. The zero-order valence-electron chi connectivity index (χ0n) is 12.3. The minimum atomic E-state index is -3.70. The van der Waals surface area contributed by atoms with Gasteiger partial charge in [0.2, 0.25) is 10.0 Å². The summed E-state index contributed by atoms with van der Waals surface area (Å²) in [6.45, 7) is 0.216. The lowest BCUT2D eigenvalue weighted by atomic mass is 10.2. The molecular formula is C15H16N2O4S. The molecule has 7 heteroatoms. The topological polar surface area (TPSA) is 76.6 Å². The number of carbonyl (C=O) groups is 1. The Morgan fingerprint density at radius 2 is 1.91 bits per heavy atom. The molecule has 0 fully saturated rings. The van der Waals surface area contributed by atoms with Gasteiger partial charge in [-0.1, -0.05) is 6.07 Å². The van der Waals surface area contributed by atoms with Gasteiger partial charge >= 0.3 is 5.97 Å². The van der Waals surface area contributed by atoms with Crippen LogP contribution in [0.2, 0.25) is 0 Å². The number of pyridine rings is 1. The van der Waals surface area contributed by atoms with E-state index in [1.807, 2.05) is 0 Å². The Hall–Kier alpha value is -2.25. The third-order valence-corrected chi connectivity index (χ3v) is 4.92. The van der Waals surface area contributed by atoms with Crippen molar-refractivity contribution < 1.29 is 17.9 Å². The third kappa shape index (κ3) is 3.49. The van der Waals surface area contributed by atoms with Crippen molar-refractivity contribution in [2.24, 2.45) is 0 Å². The van der Waals surface area contributed by atoms with Gasteiger partial charge in [-0.15, -0.1) is 0 Å². The van der Waals surface area contributed by atoms with E-state index < -0.39 is 16.0 Å². The highest BCUT2D eigenvalue weighted by Crippen LogP contribution is 2.18. The van der Waals surface area contributed by atoms with E-state index >= 15 is 0 Å². The van der Waals surface area contributed by atoms with Gasteiger partial charge in [-0.3, -0.25) is 4.98 Å². The number of hydrogen-bond donors (Lipinski definition) is 0. The SMILES string of the molecule is COC(=O)c1cccc(S(=O)(=O)N(C)Cc2ccncc2)c1. The van der Waals surface area contributed by atoms with Crippen LogP contribution in [0, 0.1) is 0 Å². The Morgan fingerprint density at radius 3 is 2.55 bits per heavy atom. The maximum Gasteiger partial charge on any atom is 0.337 e. The molecule has 6 nitrogen and oxygen atoms in total. The van der Waals surface area contributed by atoms with Crippen molar-refractivity contribution in [1.29, 1.82) is 0 Å². The first kappa shape index (κ1) is 16.1. The molecule has 2 aromatic rings. The number of carbonyl (C=O) groups excluding carboxylic acids is 1. The van der Waals surface area contributed by atoms with Gasteiger partial charge in [0.05, 0.1) is 17.6 Å². The molecule has 0 radical (unpaired) electrons. The maximum absolute atomic E-state index is 12.6. The summed E-state index contributed by atoms with van der Waals surface area (Å²) >= 11 is 0. The van der Waals surface area contributed by atoms with Crippen LogP contribution in [0.25, 0.3) is 0 Å². The monoisotopic (exact) mass is 320 g/mol. The van der Waals surface area contributed by atoms with Crippen molar-refractivity contribution in [2.75, 3.05) is 14.2 Å². The summed E-state index contributed by atoms with van der Waals surface area (Å²) in [5.74, 6) is -0.575. The molecule has 0 aliphatic carbocycles. The van der Waals surface area contributed by atoms with Crippen LogP contribution < -0.4 is 0 Å². The molecular weight excluding hydrogens is 304 g/mol. The summed E-state index contributed by atoms with van der Waals surface area (Å²) in [6.07, 6.45) is 3.21. The molecule has 22 heavy (non-hydrogen) atoms. The number of sulfonamides is 1. The molecule has 2 rings (SSSR count). The van der Waals surface area contributed by atoms with Crippen molar-refractivity contribution in [2.45, 2.75) is 11.4 Å². The van der Waals surface area contributed by atoms with Crippen LogP contribution in [0.4, 0.5) is 0 Å². The molecule has 1 aromatic carbocycles. The predicted molar refractivity (Wildman–Crippen MR) is 80.7 cm³/mol. The van der Waals surface area contributed by atoms with Gasteiger partial charge in [0.15, 0.2) is 0 Å². The average molecular weight is 320 g/mol. The van der Waals surface area contributed by atoms with E-state index in [0.717, 1.165) is 5.56 Å². The summed E-state index contributed by atoms with van der Waals surface area (Å²) in [5, 5.41) is 0. The fourth-order valence-corrected chi connectivity index (χ4v) is 3.12. The zero-order valence-corrected chi connectivity index (χ0v) is 13.1. The third-order valence-electron chi connectivity index (χ3n) is 3.12. The number of esters is 1. The summed E-state index contributed by atoms with van der Waals surface area (Å²) in [5.41, 5.74) is 1.02. The van der Waals surface area contributed by atoms with Crippen molar-refractivity contribution in [1.82, 2.24) is 9.29 Å². The predicted octanol–water partition coefficient (Wildman–Crippen LogP) is 1.69. The van der Waals surface area contributed by atoms with Crippen molar-refractivity contribution in [3.05, 3.63) is 59.9 Å². The van der Waals surface area contributed by atoms with Gasteiger partial charge in [0.25, 0.3) is 0 Å². The van der Waals surface area contributed by atoms with E-state index in [-0.39, 0.29) is 17.0 Å². The van der Waals surface area contributed by atoms with E-state index in [4.69, 9.17) is 0 Å². The molecule has 116 valence electrons. The van der Waals surface area contributed by atoms with Gasteiger partial charge in [0.1, 0.15) is 0 Å². The van der Waals surface area contributed by atoms with Gasteiger partial charge in [-0.2, -0.15) is 4.31 Å². The first-order valence-corrected chi connectivity index (χ1v) is 7.93. The normalized spacial score (nSPS) is 11.4. The van der Waals surface area contributed by atoms with E-state index in [0.29, 0.717) is 0 Å². The molecule has 1 aromatic heterocycles. The van der Waals surface area contributed by atoms with E-state index in [1.165, 1.54) is 42.7 Å². The van der Waals surface area contributed by atoms with Crippen molar-refractivity contribution in [3.63, 3.8) is 0 Å². The van der Waals surface area contributed by atoms with Gasteiger partial charge in [-0.25, -0.2) is 13.2 Å². The van der Waals surface area contributed by atoms with E-state index in [9.17, 15) is 13.2 Å². The summed E-state index contributed by atoms with van der Waals surface area (Å²) in [4.78, 5) is 15.5. The first-order chi connectivity index (χ1) is 10.4. The van der Waals surface area contributed by atoms with Crippen molar-refractivity contribution >= 4 is 16.0 Å². The summed E-state index contributed by atoms with van der Waals surface area (Å²) in [6, 6.07) is 9.27. The van der Waals surface area contributed by atoms with Crippen LogP contribution in [-0.4, -0.2) is 37.8 Å². The molecule has 0 spiro atoms. The fourth-order valence-electron chi connectivity index (χ4n) is 1.91. The van der Waals surface area contributed by atoms with Crippen LogP contribution in [-0.2, 0) is 21.3 Å².